The summed E-state index contributed by atoms with van der Waals surface area (Å²) < 4.78 is 20.1. The van der Waals surface area contributed by atoms with E-state index in [-0.39, 0.29) is 6.61 Å². The van der Waals surface area contributed by atoms with Gasteiger partial charge in [-0.2, -0.15) is 0 Å². The molecule has 24 heavy (non-hydrogen) atoms. The van der Waals surface area contributed by atoms with Crippen LogP contribution in [-0.4, -0.2) is 49.4 Å². The van der Waals surface area contributed by atoms with Crippen molar-refractivity contribution in [3.8, 4) is 0 Å². The largest absolute Gasteiger partial charge is 0.466 e. The third-order valence-corrected chi connectivity index (χ3v) is 3.17. The van der Waals surface area contributed by atoms with Gasteiger partial charge in [0.15, 0.2) is 0 Å². The van der Waals surface area contributed by atoms with Gasteiger partial charge in [-0.15, -0.1) is 0 Å². The first-order valence-corrected chi connectivity index (χ1v) is 7.92. The summed E-state index contributed by atoms with van der Waals surface area (Å²) in [5.74, 6) is -2.04. The Labute approximate surface area is 143 Å². The molecule has 138 valence electrons. The third-order valence-electron chi connectivity index (χ3n) is 3.17. The Balaban J connectivity index is 4.90. The van der Waals surface area contributed by atoms with Crippen LogP contribution in [0.2, 0.25) is 0 Å². The zero-order valence-corrected chi connectivity index (χ0v) is 15.3. The van der Waals surface area contributed by atoms with Crippen LogP contribution in [-0.2, 0) is 33.3 Å². The maximum absolute atomic E-state index is 12.1. The van der Waals surface area contributed by atoms with Crippen LogP contribution < -0.4 is 0 Å². The third kappa shape index (κ3) is 7.12. The van der Waals surface area contributed by atoms with E-state index >= 15 is 0 Å². The second-order valence-electron chi connectivity index (χ2n) is 5.80. The Hall–Kier alpha value is -1.89. The quantitative estimate of drug-likeness (QED) is 0.260. The van der Waals surface area contributed by atoms with Crippen molar-refractivity contribution in [2.75, 3.05) is 20.3 Å². The zero-order chi connectivity index (χ0) is 18.8. The van der Waals surface area contributed by atoms with E-state index in [1.165, 1.54) is 20.1 Å². The molecule has 0 aromatic carbocycles. The lowest BCUT2D eigenvalue weighted by Gasteiger charge is -2.34. The van der Waals surface area contributed by atoms with E-state index in [9.17, 15) is 14.4 Å². The number of carbonyl (C=O) groups excluding carboxylic acids is 3. The monoisotopic (exact) mass is 344 g/mol. The van der Waals surface area contributed by atoms with Gasteiger partial charge in [-0.25, -0.2) is 14.4 Å². The van der Waals surface area contributed by atoms with Gasteiger partial charge in [0.2, 0.25) is 0 Å². The van der Waals surface area contributed by atoms with Crippen molar-refractivity contribution in [3.05, 3.63) is 12.2 Å². The van der Waals surface area contributed by atoms with Crippen molar-refractivity contribution in [3.63, 3.8) is 0 Å². The molecular formula is C17H28O7. The molecule has 0 unspecified atom stereocenters. The number of carbonyl (C=O) groups is 3. The predicted molar refractivity (Wildman–Crippen MR) is 87.2 cm³/mol. The Morgan fingerprint density at radius 1 is 0.958 bits per heavy atom. The number of allylic oxidation sites excluding steroid dienone is 1. The molecule has 7 nitrogen and oxygen atoms in total. The van der Waals surface area contributed by atoms with Crippen molar-refractivity contribution in [2.24, 2.45) is 0 Å². The van der Waals surface area contributed by atoms with Gasteiger partial charge in [0, 0.05) is 6.08 Å². The first-order chi connectivity index (χ1) is 11.1. The van der Waals surface area contributed by atoms with Crippen molar-refractivity contribution >= 4 is 17.9 Å². The van der Waals surface area contributed by atoms with Crippen LogP contribution in [0.1, 0.15) is 47.5 Å². The molecule has 0 bridgehead atoms. The predicted octanol–water partition coefficient (Wildman–Crippen LogP) is 2.18. The van der Waals surface area contributed by atoms with Gasteiger partial charge in [0.25, 0.3) is 5.60 Å². The molecule has 0 heterocycles. The van der Waals surface area contributed by atoms with Crippen LogP contribution in [0.4, 0.5) is 0 Å². The fourth-order valence-corrected chi connectivity index (χ4v) is 2.03. The van der Waals surface area contributed by atoms with Gasteiger partial charge in [-0.1, -0.05) is 6.08 Å². The lowest BCUT2D eigenvalue weighted by Crippen LogP contribution is -2.52. The molecule has 0 aromatic rings. The zero-order valence-electron chi connectivity index (χ0n) is 15.3. The Morgan fingerprint density at radius 2 is 1.54 bits per heavy atom. The standard InChI is InChI=1S/C17H28O7/c1-7-22-13(18)11-9-10-12-16(3,4)24-17(5,14(19)21-6)15(20)23-8-2/h9,11H,7-8,10,12H2,1-6H3/b11-9+/t17-/m0/s1. The molecule has 0 amide bonds. The highest BCUT2D eigenvalue weighted by atomic mass is 16.6. The molecule has 0 aromatic heterocycles. The molecular weight excluding hydrogens is 316 g/mol. The highest BCUT2D eigenvalue weighted by Gasteiger charge is 2.48. The van der Waals surface area contributed by atoms with Crippen molar-refractivity contribution < 1.29 is 33.3 Å². The minimum absolute atomic E-state index is 0.123. The summed E-state index contributed by atoms with van der Waals surface area (Å²) in [4.78, 5) is 35.3. The molecule has 0 spiro atoms. The first kappa shape index (κ1) is 22.1. The average molecular weight is 344 g/mol. The average Bonchev–Trinajstić information content (AvgIpc) is 2.50. The van der Waals surface area contributed by atoms with Crippen LogP contribution in [0.3, 0.4) is 0 Å². The van der Waals surface area contributed by atoms with Gasteiger partial charge in [-0.05, 0) is 47.5 Å². The smallest absolute Gasteiger partial charge is 0.350 e. The van der Waals surface area contributed by atoms with E-state index in [1.54, 1.807) is 33.8 Å². The molecule has 0 rings (SSSR count). The highest BCUT2D eigenvalue weighted by Crippen LogP contribution is 2.27. The normalized spacial score (nSPS) is 14.1. The number of hydrogen-bond acceptors (Lipinski definition) is 7. The van der Waals surface area contributed by atoms with E-state index in [1.807, 2.05) is 0 Å². The Morgan fingerprint density at radius 3 is 2.04 bits per heavy atom. The summed E-state index contributed by atoms with van der Waals surface area (Å²) in [5.41, 5.74) is -2.67. The van der Waals surface area contributed by atoms with Gasteiger partial charge in [0.1, 0.15) is 0 Å². The second kappa shape index (κ2) is 10.1. The van der Waals surface area contributed by atoms with Gasteiger partial charge in [0.05, 0.1) is 25.9 Å². The molecule has 0 saturated carbocycles. The fourth-order valence-electron chi connectivity index (χ4n) is 2.03. The molecule has 0 radical (unpaired) electrons. The van der Waals surface area contributed by atoms with E-state index in [4.69, 9.17) is 14.2 Å². The van der Waals surface area contributed by atoms with Gasteiger partial charge >= 0.3 is 17.9 Å². The van der Waals surface area contributed by atoms with Crippen LogP contribution in [0, 0.1) is 0 Å². The fraction of sp³-hybridized carbons (Fsp3) is 0.706. The van der Waals surface area contributed by atoms with Crippen molar-refractivity contribution in [1.82, 2.24) is 0 Å². The summed E-state index contributed by atoms with van der Waals surface area (Å²) in [7, 11) is 1.18. The van der Waals surface area contributed by atoms with Gasteiger partial charge < -0.3 is 18.9 Å². The minimum atomic E-state index is -1.85. The Kier molecular flexibility index (Phi) is 9.28. The number of methoxy groups -OCH3 is 1. The van der Waals surface area contributed by atoms with Crippen LogP contribution in [0.15, 0.2) is 12.2 Å². The second-order valence-corrected chi connectivity index (χ2v) is 5.80. The molecule has 7 heteroatoms. The highest BCUT2D eigenvalue weighted by molar-refractivity contribution is 6.03. The van der Waals surface area contributed by atoms with Crippen LogP contribution in [0.25, 0.3) is 0 Å². The summed E-state index contributed by atoms with van der Waals surface area (Å²) in [5, 5.41) is 0. The topological polar surface area (TPSA) is 88.1 Å². The molecule has 1 atom stereocenters. The molecule has 0 aliphatic rings. The summed E-state index contributed by atoms with van der Waals surface area (Å²) in [6.07, 6.45) is 3.97. The van der Waals surface area contributed by atoms with E-state index in [2.05, 4.69) is 4.74 Å². The van der Waals surface area contributed by atoms with E-state index in [0.29, 0.717) is 19.4 Å². The van der Waals surface area contributed by atoms with Crippen molar-refractivity contribution in [1.29, 1.82) is 0 Å². The molecule has 0 N–H and O–H groups in total. The molecule has 0 aliphatic carbocycles. The van der Waals surface area contributed by atoms with E-state index in [0.717, 1.165) is 0 Å². The van der Waals surface area contributed by atoms with Gasteiger partial charge in [-0.3, -0.25) is 0 Å². The molecule has 0 saturated heterocycles. The van der Waals surface area contributed by atoms with Crippen LogP contribution >= 0.6 is 0 Å². The number of hydrogen-bond donors (Lipinski definition) is 0. The SMILES string of the molecule is CCOC(=O)/C=C/CCC(C)(C)O[C@@](C)(C(=O)OC)C(=O)OCC. The molecule has 0 aliphatic heterocycles. The summed E-state index contributed by atoms with van der Waals surface area (Å²) >= 11 is 0. The first-order valence-electron chi connectivity index (χ1n) is 7.92. The maximum atomic E-state index is 12.1. The van der Waals surface area contributed by atoms with E-state index < -0.39 is 29.1 Å². The number of rotatable bonds is 10. The number of ether oxygens (including phenoxy) is 4. The number of esters is 3. The maximum Gasteiger partial charge on any atom is 0.350 e. The lowest BCUT2D eigenvalue weighted by molar-refractivity contribution is -0.204. The van der Waals surface area contributed by atoms with Crippen LogP contribution in [0.5, 0.6) is 0 Å². The molecule has 0 fully saturated rings. The Bertz CT molecular complexity index is 468. The summed E-state index contributed by atoms with van der Waals surface area (Å²) in [6.45, 7) is 8.61. The minimum Gasteiger partial charge on any atom is -0.466 e. The lowest BCUT2D eigenvalue weighted by atomic mass is 9.99. The van der Waals surface area contributed by atoms with Crippen molar-refractivity contribution in [2.45, 2.75) is 58.7 Å². The summed E-state index contributed by atoms with van der Waals surface area (Å²) in [6, 6.07) is 0.